The second-order valence-corrected chi connectivity index (χ2v) is 4.77. The van der Waals surface area contributed by atoms with Gasteiger partial charge in [-0.2, -0.15) is 5.10 Å². The van der Waals surface area contributed by atoms with Crippen LogP contribution in [0.4, 0.5) is 0 Å². The number of aromatic amines is 1. The smallest absolute Gasteiger partial charge is 0.252 e. The first kappa shape index (κ1) is 13.0. The van der Waals surface area contributed by atoms with Crippen LogP contribution in [0.3, 0.4) is 0 Å². The zero-order valence-corrected chi connectivity index (χ0v) is 11.6. The van der Waals surface area contributed by atoms with E-state index in [4.69, 9.17) is 11.6 Å². The Balaban J connectivity index is 1.93. The number of hydrogen-bond donors (Lipinski definition) is 2. The lowest BCUT2D eigenvalue weighted by Crippen LogP contribution is -2.26. The van der Waals surface area contributed by atoms with Gasteiger partial charge in [-0.25, -0.2) is 4.98 Å². The Morgan fingerprint density at radius 1 is 1.50 bits per heavy atom. The van der Waals surface area contributed by atoms with E-state index in [9.17, 15) is 4.79 Å². The molecule has 1 aromatic carbocycles. The standard InChI is InChI=1S/C11H10BrClN4O/c12-8-3-1-2-7(10(8)13)11(18)14-5-4-9-15-6-16-17-9/h1-3,6H,4-5H2,(H,14,18)(H,15,16,17). The van der Waals surface area contributed by atoms with Crippen molar-refractivity contribution in [3.63, 3.8) is 0 Å². The molecule has 18 heavy (non-hydrogen) atoms. The highest BCUT2D eigenvalue weighted by Crippen LogP contribution is 2.25. The summed E-state index contributed by atoms with van der Waals surface area (Å²) in [6.45, 7) is 0.469. The second kappa shape index (κ2) is 5.97. The van der Waals surface area contributed by atoms with Gasteiger partial charge in [0.1, 0.15) is 12.2 Å². The Kier molecular flexibility index (Phi) is 4.33. The van der Waals surface area contributed by atoms with Gasteiger partial charge in [0, 0.05) is 17.4 Å². The van der Waals surface area contributed by atoms with Gasteiger partial charge in [-0.1, -0.05) is 17.7 Å². The van der Waals surface area contributed by atoms with Crippen LogP contribution >= 0.6 is 27.5 Å². The number of hydrogen-bond acceptors (Lipinski definition) is 3. The molecule has 2 aromatic rings. The van der Waals surface area contributed by atoms with E-state index >= 15 is 0 Å². The van der Waals surface area contributed by atoms with Crippen LogP contribution < -0.4 is 5.32 Å². The molecule has 1 heterocycles. The molecule has 0 radical (unpaired) electrons. The third kappa shape index (κ3) is 3.08. The fourth-order valence-corrected chi connectivity index (χ4v) is 2.00. The van der Waals surface area contributed by atoms with Gasteiger partial charge in [-0.15, -0.1) is 0 Å². The Morgan fingerprint density at radius 3 is 3.06 bits per heavy atom. The van der Waals surface area contributed by atoms with Crippen LogP contribution in [-0.2, 0) is 6.42 Å². The SMILES string of the molecule is O=C(NCCc1ncn[nH]1)c1cccc(Br)c1Cl. The molecule has 2 rings (SSSR count). The molecule has 0 atom stereocenters. The Bertz CT molecular complexity index is 544. The van der Waals surface area contributed by atoms with Gasteiger partial charge < -0.3 is 5.32 Å². The molecule has 2 N–H and O–H groups in total. The van der Waals surface area contributed by atoms with E-state index in [-0.39, 0.29) is 5.91 Å². The number of amides is 1. The van der Waals surface area contributed by atoms with Crippen molar-refractivity contribution in [2.45, 2.75) is 6.42 Å². The van der Waals surface area contributed by atoms with Crippen molar-refractivity contribution < 1.29 is 4.79 Å². The molecule has 0 saturated carbocycles. The van der Waals surface area contributed by atoms with Crippen LogP contribution in [0.25, 0.3) is 0 Å². The van der Waals surface area contributed by atoms with E-state index in [0.29, 0.717) is 28.0 Å². The van der Waals surface area contributed by atoms with E-state index < -0.39 is 0 Å². The monoisotopic (exact) mass is 328 g/mol. The zero-order valence-electron chi connectivity index (χ0n) is 9.28. The molecule has 0 spiro atoms. The van der Waals surface area contributed by atoms with Crippen LogP contribution in [0.5, 0.6) is 0 Å². The molecule has 94 valence electrons. The lowest BCUT2D eigenvalue weighted by atomic mass is 10.2. The van der Waals surface area contributed by atoms with Crippen LogP contribution in [0.15, 0.2) is 29.0 Å². The van der Waals surface area contributed by atoms with Gasteiger partial charge in [-0.3, -0.25) is 9.89 Å². The van der Waals surface area contributed by atoms with Crippen LogP contribution in [0.1, 0.15) is 16.2 Å². The predicted octanol–water partition coefficient (Wildman–Crippen LogP) is 2.19. The van der Waals surface area contributed by atoms with Crippen molar-refractivity contribution in [3.8, 4) is 0 Å². The van der Waals surface area contributed by atoms with Gasteiger partial charge in [0.05, 0.1) is 10.6 Å². The average molecular weight is 330 g/mol. The van der Waals surface area contributed by atoms with Crippen molar-refractivity contribution >= 4 is 33.4 Å². The molecule has 0 unspecified atom stereocenters. The summed E-state index contributed by atoms with van der Waals surface area (Å²) in [5.41, 5.74) is 0.448. The lowest BCUT2D eigenvalue weighted by Gasteiger charge is -2.06. The summed E-state index contributed by atoms with van der Waals surface area (Å²) in [5, 5.41) is 9.64. The summed E-state index contributed by atoms with van der Waals surface area (Å²) in [7, 11) is 0. The Hall–Kier alpha value is -1.40. The summed E-state index contributed by atoms with van der Waals surface area (Å²) in [5.74, 6) is 0.524. The van der Waals surface area contributed by atoms with Crippen molar-refractivity contribution in [1.29, 1.82) is 0 Å². The molecule has 0 bridgehead atoms. The molecule has 5 nitrogen and oxygen atoms in total. The van der Waals surface area contributed by atoms with Crippen LogP contribution in [0, 0.1) is 0 Å². The maximum absolute atomic E-state index is 11.9. The molecule has 0 aliphatic carbocycles. The van der Waals surface area contributed by atoms with Gasteiger partial charge in [0.15, 0.2) is 0 Å². The average Bonchev–Trinajstić information content (AvgIpc) is 2.85. The van der Waals surface area contributed by atoms with E-state index in [1.807, 2.05) is 0 Å². The molecule has 1 aromatic heterocycles. The zero-order chi connectivity index (χ0) is 13.0. The number of halogens is 2. The highest BCUT2D eigenvalue weighted by molar-refractivity contribution is 9.10. The number of aromatic nitrogens is 3. The Morgan fingerprint density at radius 2 is 2.33 bits per heavy atom. The number of benzene rings is 1. The highest BCUT2D eigenvalue weighted by Gasteiger charge is 2.11. The van der Waals surface area contributed by atoms with Gasteiger partial charge in [0.25, 0.3) is 5.91 Å². The fourth-order valence-electron chi connectivity index (χ4n) is 1.42. The van der Waals surface area contributed by atoms with Crippen molar-refractivity contribution in [1.82, 2.24) is 20.5 Å². The first-order valence-electron chi connectivity index (χ1n) is 5.25. The normalized spacial score (nSPS) is 10.3. The van der Waals surface area contributed by atoms with Crippen molar-refractivity contribution in [2.24, 2.45) is 0 Å². The number of rotatable bonds is 4. The number of nitrogens with one attached hydrogen (secondary N) is 2. The molecule has 1 amide bonds. The molecular weight excluding hydrogens is 320 g/mol. The topological polar surface area (TPSA) is 70.7 Å². The molecule has 0 saturated heterocycles. The summed E-state index contributed by atoms with van der Waals surface area (Å²) >= 11 is 9.31. The minimum Gasteiger partial charge on any atom is -0.352 e. The highest BCUT2D eigenvalue weighted by atomic mass is 79.9. The van der Waals surface area contributed by atoms with Crippen molar-refractivity contribution in [2.75, 3.05) is 6.54 Å². The first-order valence-corrected chi connectivity index (χ1v) is 6.42. The first-order chi connectivity index (χ1) is 8.68. The maximum atomic E-state index is 11.9. The van der Waals surface area contributed by atoms with Gasteiger partial charge >= 0.3 is 0 Å². The van der Waals surface area contributed by atoms with Gasteiger partial charge in [0.2, 0.25) is 0 Å². The largest absolute Gasteiger partial charge is 0.352 e. The third-order valence-corrected chi connectivity index (χ3v) is 3.60. The summed E-state index contributed by atoms with van der Waals surface area (Å²) in [4.78, 5) is 15.8. The summed E-state index contributed by atoms with van der Waals surface area (Å²) < 4.78 is 0.701. The molecule has 7 heteroatoms. The number of H-pyrrole nitrogens is 1. The predicted molar refractivity (Wildman–Crippen MR) is 71.6 cm³/mol. The van der Waals surface area contributed by atoms with Crippen molar-refractivity contribution in [3.05, 3.63) is 45.4 Å². The summed E-state index contributed by atoms with van der Waals surface area (Å²) in [6.07, 6.45) is 2.03. The van der Waals surface area contributed by atoms with E-state index in [1.165, 1.54) is 6.33 Å². The minimum absolute atomic E-state index is 0.208. The lowest BCUT2D eigenvalue weighted by molar-refractivity contribution is 0.0954. The Labute approximate surface area is 117 Å². The van der Waals surface area contributed by atoms with E-state index in [0.717, 1.165) is 5.82 Å². The second-order valence-electron chi connectivity index (χ2n) is 3.54. The molecule has 0 fully saturated rings. The van der Waals surface area contributed by atoms with Crippen LogP contribution in [0.2, 0.25) is 5.02 Å². The molecule has 0 aliphatic heterocycles. The van der Waals surface area contributed by atoms with E-state index in [2.05, 4.69) is 36.4 Å². The molecular formula is C11H10BrClN4O. The summed E-state index contributed by atoms with van der Waals surface area (Å²) in [6, 6.07) is 5.23. The number of carbonyl (C=O) groups excluding carboxylic acids is 1. The minimum atomic E-state index is -0.208. The quantitative estimate of drug-likeness (QED) is 0.903. The maximum Gasteiger partial charge on any atom is 0.252 e. The third-order valence-electron chi connectivity index (χ3n) is 2.31. The van der Waals surface area contributed by atoms with E-state index in [1.54, 1.807) is 18.2 Å². The number of nitrogens with zero attached hydrogens (tertiary/aromatic N) is 2. The van der Waals surface area contributed by atoms with Crippen LogP contribution in [-0.4, -0.2) is 27.6 Å². The molecule has 0 aliphatic rings. The van der Waals surface area contributed by atoms with Gasteiger partial charge in [-0.05, 0) is 28.1 Å². The number of carbonyl (C=O) groups is 1. The fraction of sp³-hybridized carbons (Fsp3) is 0.182.